The third-order valence-corrected chi connectivity index (χ3v) is 4.81. The van der Waals surface area contributed by atoms with E-state index in [-0.39, 0.29) is 17.4 Å². The number of carbonyl (C=O) groups excluding carboxylic acids is 1. The van der Waals surface area contributed by atoms with Crippen molar-refractivity contribution in [3.8, 4) is 5.75 Å². The van der Waals surface area contributed by atoms with Crippen molar-refractivity contribution in [1.82, 2.24) is 9.97 Å². The predicted octanol–water partition coefficient (Wildman–Crippen LogP) is 5.01. The lowest BCUT2D eigenvalue weighted by Gasteiger charge is -2.09. The second kappa shape index (κ2) is 7.63. The number of nitrogens with zero attached hydrogens (tertiary/aromatic N) is 2. The number of alkyl halides is 3. The summed E-state index contributed by atoms with van der Waals surface area (Å²) in [6.07, 6.45) is -3.36. The number of carbonyl (C=O) groups is 1. The number of nitrogens with one attached hydrogen (secondary N) is 1. The van der Waals surface area contributed by atoms with E-state index < -0.39 is 6.36 Å². The summed E-state index contributed by atoms with van der Waals surface area (Å²) in [6.45, 7) is 0. The van der Waals surface area contributed by atoms with Crippen LogP contribution in [0.1, 0.15) is 0 Å². The molecule has 0 aliphatic rings. The average Bonchev–Trinajstić information content (AvgIpc) is 3.06. The number of furan rings is 1. The zero-order valence-electron chi connectivity index (χ0n) is 14.6. The molecule has 6 nitrogen and oxygen atoms in total. The van der Waals surface area contributed by atoms with Gasteiger partial charge in [0.05, 0.1) is 5.75 Å². The molecule has 0 bridgehead atoms. The molecule has 0 saturated heterocycles. The van der Waals surface area contributed by atoms with E-state index >= 15 is 0 Å². The topological polar surface area (TPSA) is 77.2 Å². The number of thioether (sulfide) groups is 1. The highest BCUT2D eigenvalue weighted by Gasteiger charge is 2.31. The minimum absolute atomic E-state index is 0.0317. The molecular weight excluding hydrogens is 407 g/mol. The van der Waals surface area contributed by atoms with Gasteiger partial charge in [-0.2, -0.15) is 0 Å². The van der Waals surface area contributed by atoms with Crippen molar-refractivity contribution >= 4 is 45.4 Å². The van der Waals surface area contributed by atoms with Gasteiger partial charge in [-0.05, 0) is 36.4 Å². The molecule has 4 rings (SSSR count). The van der Waals surface area contributed by atoms with E-state index in [4.69, 9.17) is 4.42 Å². The van der Waals surface area contributed by atoms with Gasteiger partial charge in [0.1, 0.15) is 28.2 Å². The summed E-state index contributed by atoms with van der Waals surface area (Å²) in [6, 6.07) is 12.3. The molecule has 1 N–H and O–H groups in total. The first kappa shape index (κ1) is 19.1. The highest BCUT2D eigenvalue weighted by atomic mass is 32.2. The molecule has 0 atom stereocenters. The third kappa shape index (κ3) is 4.43. The summed E-state index contributed by atoms with van der Waals surface area (Å²) >= 11 is 1.17. The molecule has 0 spiro atoms. The summed E-state index contributed by atoms with van der Waals surface area (Å²) in [5, 5.41) is 3.99. The zero-order valence-corrected chi connectivity index (χ0v) is 15.4. The smallest absolute Gasteiger partial charge is 0.451 e. The van der Waals surface area contributed by atoms with Crippen LogP contribution >= 0.6 is 11.8 Å². The SMILES string of the molecule is O=C(CSc1ncnc2c1oc1ccccc12)Nc1ccc(OC(F)(F)F)cc1. The second-order valence-corrected chi connectivity index (χ2v) is 6.83. The van der Waals surface area contributed by atoms with E-state index in [9.17, 15) is 18.0 Å². The lowest BCUT2D eigenvalue weighted by molar-refractivity contribution is -0.274. The molecule has 29 heavy (non-hydrogen) atoms. The second-order valence-electron chi connectivity index (χ2n) is 5.86. The maximum Gasteiger partial charge on any atom is 0.573 e. The van der Waals surface area contributed by atoms with Crippen molar-refractivity contribution in [2.45, 2.75) is 11.4 Å². The fourth-order valence-electron chi connectivity index (χ4n) is 2.68. The van der Waals surface area contributed by atoms with Crippen LogP contribution in [0.25, 0.3) is 22.1 Å². The van der Waals surface area contributed by atoms with Crippen molar-refractivity contribution in [1.29, 1.82) is 0 Å². The number of hydrogen-bond acceptors (Lipinski definition) is 6. The van der Waals surface area contributed by atoms with E-state index in [0.29, 0.717) is 27.4 Å². The Bertz CT molecular complexity index is 1180. The van der Waals surface area contributed by atoms with Crippen molar-refractivity contribution in [2.24, 2.45) is 0 Å². The molecule has 0 fully saturated rings. The predicted molar refractivity (Wildman–Crippen MR) is 102 cm³/mol. The lowest BCUT2D eigenvalue weighted by Crippen LogP contribution is -2.17. The van der Waals surface area contributed by atoms with Gasteiger partial charge < -0.3 is 14.5 Å². The number of ether oxygens (including phenoxy) is 1. The van der Waals surface area contributed by atoms with Gasteiger partial charge in [0.2, 0.25) is 5.91 Å². The molecule has 4 aromatic rings. The number of amides is 1. The van der Waals surface area contributed by atoms with Crippen LogP contribution < -0.4 is 10.1 Å². The molecule has 0 aliphatic heterocycles. The Morgan fingerprint density at radius 3 is 2.62 bits per heavy atom. The van der Waals surface area contributed by atoms with Gasteiger partial charge in [-0.1, -0.05) is 23.9 Å². The molecule has 0 saturated carbocycles. The van der Waals surface area contributed by atoms with Gasteiger partial charge in [-0.15, -0.1) is 13.2 Å². The number of rotatable bonds is 5. The normalized spacial score (nSPS) is 11.7. The molecule has 2 heterocycles. The molecule has 2 aromatic heterocycles. The summed E-state index contributed by atoms with van der Waals surface area (Å²) < 4.78 is 46.1. The van der Waals surface area contributed by atoms with Crippen LogP contribution in [0, 0.1) is 0 Å². The Labute approximate surface area is 166 Å². The Balaban J connectivity index is 1.42. The summed E-state index contributed by atoms with van der Waals surface area (Å²) in [5.74, 6) is -0.676. The van der Waals surface area contributed by atoms with Crippen LogP contribution in [0.4, 0.5) is 18.9 Å². The third-order valence-electron chi connectivity index (χ3n) is 3.84. The molecule has 0 unspecified atom stereocenters. The van der Waals surface area contributed by atoms with Gasteiger partial charge in [0.25, 0.3) is 0 Å². The van der Waals surface area contributed by atoms with Crippen LogP contribution in [0.5, 0.6) is 5.75 Å². The van der Waals surface area contributed by atoms with Crippen molar-refractivity contribution in [2.75, 3.05) is 11.1 Å². The summed E-state index contributed by atoms with van der Waals surface area (Å²) in [4.78, 5) is 20.6. The number of benzene rings is 2. The zero-order chi connectivity index (χ0) is 20.4. The number of halogens is 3. The van der Waals surface area contributed by atoms with Crippen LogP contribution in [0.3, 0.4) is 0 Å². The Morgan fingerprint density at radius 1 is 1.10 bits per heavy atom. The van der Waals surface area contributed by atoms with Gasteiger partial charge in [-0.25, -0.2) is 9.97 Å². The lowest BCUT2D eigenvalue weighted by atomic mass is 10.2. The van der Waals surface area contributed by atoms with Crippen molar-refractivity contribution < 1.29 is 27.1 Å². The molecule has 0 radical (unpaired) electrons. The highest BCUT2D eigenvalue weighted by Crippen LogP contribution is 2.32. The first-order valence-corrected chi connectivity index (χ1v) is 9.28. The van der Waals surface area contributed by atoms with Crippen LogP contribution in [-0.2, 0) is 4.79 Å². The van der Waals surface area contributed by atoms with Crippen LogP contribution in [0.2, 0.25) is 0 Å². The maximum atomic E-state index is 12.2. The first-order chi connectivity index (χ1) is 13.9. The van der Waals surface area contributed by atoms with E-state index in [1.165, 1.54) is 30.2 Å². The standard InChI is InChI=1S/C19H12F3N3O3S/c20-19(21,22)28-12-7-5-11(6-8-12)25-15(26)9-29-18-17-16(23-10-24-18)13-3-1-2-4-14(13)27-17/h1-8,10H,9H2,(H,25,26). The van der Waals surface area contributed by atoms with Gasteiger partial charge in [-0.3, -0.25) is 4.79 Å². The fraction of sp³-hybridized carbons (Fsp3) is 0.105. The summed E-state index contributed by atoms with van der Waals surface area (Å²) in [5.41, 5.74) is 2.19. The Hall–Kier alpha value is -3.27. The number of hydrogen-bond donors (Lipinski definition) is 1. The Kier molecular flexibility index (Phi) is 5.01. The molecule has 10 heteroatoms. The van der Waals surface area contributed by atoms with E-state index in [0.717, 1.165) is 17.5 Å². The van der Waals surface area contributed by atoms with E-state index in [1.54, 1.807) is 0 Å². The van der Waals surface area contributed by atoms with Gasteiger partial charge in [0.15, 0.2) is 5.58 Å². The van der Waals surface area contributed by atoms with Crippen LogP contribution in [-0.4, -0.2) is 28.0 Å². The van der Waals surface area contributed by atoms with Gasteiger partial charge in [0, 0.05) is 11.1 Å². The molecular formula is C19H12F3N3O3S. The number of para-hydroxylation sites is 1. The number of aromatic nitrogens is 2. The quantitative estimate of drug-likeness (QED) is 0.362. The minimum Gasteiger partial charge on any atom is -0.451 e. The molecule has 2 aromatic carbocycles. The molecule has 148 valence electrons. The monoisotopic (exact) mass is 419 g/mol. The first-order valence-electron chi connectivity index (χ1n) is 8.30. The largest absolute Gasteiger partial charge is 0.573 e. The molecule has 0 aliphatic carbocycles. The number of fused-ring (bicyclic) bond motifs is 3. The van der Waals surface area contributed by atoms with E-state index in [1.807, 2.05) is 24.3 Å². The average molecular weight is 419 g/mol. The Morgan fingerprint density at radius 2 is 1.86 bits per heavy atom. The fourth-order valence-corrected chi connectivity index (χ4v) is 3.41. The summed E-state index contributed by atoms with van der Waals surface area (Å²) in [7, 11) is 0. The van der Waals surface area contributed by atoms with Crippen LogP contribution in [0.15, 0.2) is 64.3 Å². The molecule has 1 amide bonds. The minimum atomic E-state index is -4.76. The highest BCUT2D eigenvalue weighted by molar-refractivity contribution is 8.00. The maximum absolute atomic E-state index is 12.2. The van der Waals surface area contributed by atoms with E-state index in [2.05, 4.69) is 20.0 Å². The number of anilines is 1. The van der Waals surface area contributed by atoms with Crippen molar-refractivity contribution in [3.05, 3.63) is 54.9 Å². The van der Waals surface area contributed by atoms with Crippen molar-refractivity contribution in [3.63, 3.8) is 0 Å². The van der Waals surface area contributed by atoms with Gasteiger partial charge >= 0.3 is 6.36 Å².